The largest absolute Gasteiger partial charge is 0.318 e. The summed E-state index contributed by atoms with van der Waals surface area (Å²) in [5.41, 5.74) is 5.30. The Labute approximate surface area is 205 Å². The summed E-state index contributed by atoms with van der Waals surface area (Å²) >= 11 is 7.26. The Balaban J connectivity index is 1.52. The lowest BCUT2D eigenvalue weighted by Gasteiger charge is -2.20. The van der Waals surface area contributed by atoms with Crippen LogP contribution in [0.4, 0.5) is 4.39 Å². The van der Waals surface area contributed by atoms with Gasteiger partial charge in [-0.05, 0) is 74.0 Å². The van der Waals surface area contributed by atoms with Crippen molar-refractivity contribution in [2.24, 2.45) is 10.1 Å². The van der Waals surface area contributed by atoms with Crippen molar-refractivity contribution < 1.29 is 9.18 Å². The van der Waals surface area contributed by atoms with Crippen LogP contribution in [0, 0.1) is 32.0 Å². The van der Waals surface area contributed by atoms with Gasteiger partial charge in [-0.2, -0.15) is 15.1 Å². The molecule has 0 bridgehead atoms. The Bertz CT molecular complexity index is 1490. The zero-order valence-electron chi connectivity index (χ0n) is 18.6. The van der Waals surface area contributed by atoms with E-state index in [9.17, 15) is 9.18 Å². The maximum Gasteiger partial charge on any atom is 0.283 e. The van der Waals surface area contributed by atoms with Gasteiger partial charge in [0.25, 0.3) is 5.91 Å². The van der Waals surface area contributed by atoms with Crippen LogP contribution >= 0.6 is 23.4 Å². The molecule has 0 aliphatic carbocycles. The number of nitrogens with one attached hydrogen (secondary N) is 1. The molecule has 6 nitrogen and oxygen atoms in total. The highest BCUT2D eigenvalue weighted by Crippen LogP contribution is 2.33. The van der Waals surface area contributed by atoms with Gasteiger partial charge < -0.3 is 4.57 Å². The minimum absolute atomic E-state index is 0.0271. The number of hydrazone groups is 1. The van der Waals surface area contributed by atoms with Crippen molar-refractivity contribution in [1.82, 2.24) is 9.58 Å². The van der Waals surface area contributed by atoms with Crippen LogP contribution in [0.15, 0.2) is 64.2 Å². The summed E-state index contributed by atoms with van der Waals surface area (Å²) in [5, 5.41) is 15.7. The molecule has 3 heterocycles. The van der Waals surface area contributed by atoms with Gasteiger partial charge in [0.1, 0.15) is 10.9 Å². The van der Waals surface area contributed by atoms with E-state index in [4.69, 9.17) is 17.0 Å². The molecule has 5 rings (SSSR count). The van der Waals surface area contributed by atoms with E-state index in [1.54, 1.807) is 18.2 Å². The lowest BCUT2D eigenvalue weighted by Crippen LogP contribution is -2.35. The molecule has 170 valence electrons. The topological polar surface area (TPSA) is 73.8 Å². The molecule has 1 N–H and O–H groups in total. The van der Waals surface area contributed by atoms with Gasteiger partial charge in [-0.25, -0.2) is 4.39 Å². The number of rotatable bonds is 3. The summed E-state index contributed by atoms with van der Waals surface area (Å²) in [6, 6.07) is 14.2. The number of amides is 1. The Hall–Kier alpha value is -3.49. The van der Waals surface area contributed by atoms with Gasteiger partial charge in [0.15, 0.2) is 5.84 Å². The highest BCUT2D eigenvalue weighted by atomic mass is 35.5. The summed E-state index contributed by atoms with van der Waals surface area (Å²) in [6.07, 6.45) is 1.65. The average Bonchev–Trinajstić information content (AvgIpc) is 3.34. The number of halogens is 2. The van der Waals surface area contributed by atoms with Crippen LogP contribution in [-0.2, 0) is 4.79 Å². The predicted octanol–water partition coefficient (Wildman–Crippen LogP) is 5.86. The summed E-state index contributed by atoms with van der Waals surface area (Å²) in [7, 11) is 0. The monoisotopic (exact) mass is 491 g/mol. The molecule has 3 aromatic rings. The van der Waals surface area contributed by atoms with E-state index < -0.39 is 11.7 Å². The van der Waals surface area contributed by atoms with Gasteiger partial charge in [-0.1, -0.05) is 35.9 Å². The maximum absolute atomic E-state index is 13.6. The van der Waals surface area contributed by atoms with Gasteiger partial charge in [-0.15, -0.1) is 0 Å². The number of aliphatic imine (C=N–C) groups is 1. The number of aromatic nitrogens is 1. The molecular formula is C25H19ClFN5OS. The molecule has 9 heteroatoms. The number of hydrogen-bond acceptors (Lipinski definition) is 4. The van der Waals surface area contributed by atoms with E-state index in [-0.39, 0.29) is 16.4 Å². The van der Waals surface area contributed by atoms with E-state index in [0.717, 1.165) is 28.1 Å². The number of nitrogens with zero attached hydrogens (tertiary/aromatic N) is 4. The Morgan fingerprint density at radius 3 is 2.62 bits per heavy atom. The van der Waals surface area contributed by atoms with E-state index in [1.165, 1.54) is 22.8 Å². The fourth-order valence-electron chi connectivity index (χ4n) is 4.02. The number of amidine groups is 2. The smallest absolute Gasteiger partial charge is 0.283 e. The van der Waals surface area contributed by atoms with Crippen molar-refractivity contribution in [2.45, 2.75) is 20.8 Å². The molecule has 0 atom stereocenters. The Kier molecular flexibility index (Phi) is 5.50. The zero-order valence-corrected chi connectivity index (χ0v) is 20.1. The molecule has 0 fully saturated rings. The van der Waals surface area contributed by atoms with E-state index >= 15 is 0 Å². The molecular weight excluding hydrogens is 473 g/mol. The van der Waals surface area contributed by atoms with Crippen LogP contribution < -0.4 is 0 Å². The molecule has 0 unspecified atom stereocenters. The number of fused-ring (bicyclic) bond motifs is 1. The molecule has 34 heavy (non-hydrogen) atoms. The average molecular weight is 492 g/mol. The van der Waals surface area contributed by atoms with E-state index in [0.29, 0.717) is 15.9 Å². The fourth-order valence-corrected chi connectivity index (χ4v) is 5.18. The number of benzene rings is 2. The van der Waals surface area contributed by atoms with Gasteiger partial charge in [0.05, 0.1) is 10.6 Å². The summed E-state index contributed by atoms with van der Waals surface area (Å²) in [5.74, 6) is -1.00. The van der Waals surface area contributed by atoms with Crippen LogP contribution in [-0.4, -0.2) is 31.5 Å². The molecule has 2 aliphatic heterocycles. The lowest BCUT2D eigenvalue weighted by atomic mass is 10.1. The highest BCUT2D eigenvalue weighted by Gasteiger charge is 2.36. The molecule has 2 aromatic carbocycles. The molecule has 0 radical (unpaired) electrons. The number of carbonyl (C=O) groups excluding carboxylic acids is 1. The zero-order chi connectivity index (χ0) is 24.1. The highest BCUT2D eigenvalue weighted by molar-refractivity contribution is 8.27. The number of hydrogen-bond donors (Lipinski definition) is 1. The number of aryl methyl sites for hydroxylation is 2. The third-order valence-corrected chi connectivity index (χ3v) is 6.99. The number of thioether (sulfide) groups is 1. The Morgan fingerprint density at radius 1 is 1.12 bits per heavy atom. The SMILES string of the molecule is Cc1ccccc1C1=NN2C(=N)/C(=C/c3cc(C)n(-c4ccc(F)c(Cl)c4)c3C)C(=O)N=C2S1. The van der Waals surface area contributed by atoms with Crippen LogP contribution in [0.3, 0.4) is 0 Å². The van der Waals surface area contributed by atoms with E-state index in [1.807, 2.05) is 55.7 Å². The molecule has 0 saturated carbocycles. The first-order valence-corrected chi connectivity index (χ1v) is 11.6. The first kappa shape index (κ1) is 22.3. The van der Waals surface area contributed by atoms with Gasteiger partial charge >= 0.3 is 0 Å². The first-order valence-electron chi connectivity index (χ1n) is 10.4. The second-order valence-electron chi connectivity index (χ2n) is 8.00. The second-order valence-corrected chi connectivity index (χ2v) is 9.36. The van der Waals surface area contributed by atoms with Crippen LogP contribution in [0.2, 0.25) is 5.02 Å². The minimum Gasteiger partial charge on any atom is -0.318 e. The van der Waals surface area contributed by atoms with Crippen molar-refractivity contribution in [3.8, 4) is 5.69 Å². The quantitative estimate of drug-likeness (QED) is 0.466. The van der Waals surface area contributed by atoms with Crippen molar-refractivity contribution in [3.05, 3.63) is 93.0 Å². The normalized spacial score (nSPS) is 16.7. The van der Waals surface area contributed by atoms with Crippen molar-refractivity contribution in [2.75, 3.05) is 0 Å². The van der Waals surface area contributed by atoms with Crippen molar-refractivity contribution >= 4 is 51.4 Å². The third kappa shape index (κ3) is 3.69. The van der Waals surface area contributed by atoms with Crippen molar-refractivity contribution in [3.63, 3.8) is 0 Å². The van der Waals surface area contributed by atoms with Gasteiger partial charge in [-0.3, -0.25) is 10.2 Å². The van der Waals surface area contributed by atoms with Crippen LogP contribution in [0.1, 0.15) is 28.1 Å². The summed E-state index contributed by atoms with van der Waals surface area (Å²) in [6.45, 7) is 5.79. The van der Waals surface area contributed by atoms with Crippen LogP contribution in [0.25, 0.3) is 11.8 Å². The van der Waals surface area contributed by atoms with Gasteiger partial charge in [0.2, 0.25) is 5.17 Å². The molecule has 0 spiro atoms. The van der Waals surface area contributed by atoms with E-state index in [2.05, 4.69) is 10.1 Å². The lowest BCUT2D eigenvalue weighted by molar-refractivity contribution is -0.114. The van der Waals surface area contributed by atoms with Crippen molar-refractivity contribution in [1.29, 1.82) is 5.41 Å². The predicted molar refractivity (Wildman–Crippen MR) is 136 cm³/mol. The fraction of sp³-hybridized carbons (Fsp3) is 0.120. The summed E-state index contributed by atoms with van der Waals surface area (Å²) < 4.78 is 15.6. The molecule has 1 amide bonds. The third-order valence-electron chi connectivity index (χ3n) is 5.76. The minimum atomic E-state index is -0.487. The number of carbonyl (C=O) groups is 1. The second kappa shape index (κ2) is 8.38. The molecule has 1 aromatic heterocycles. The Morgan fingerprint density at radius 2 is 1.88 bits per heavy atom. The molecule has 0 saturated heterocycles. The molecule has 2 aliphatic rings. The summed E-state index contributed by atoms with van der Waals surface area (Å²) in [4.78, 5) is 17.1. The first-order chi connectivity index (χ1) is 16.2. The van der Waals surface area contributed by atoms with Gasteiger partial charge in [0, 0.05) is 22.6 Å². The standard InChI is InChI=1S/C25H19ClFN5OS/c1-13-6-4-5-7-18(13)24-30-32-22(28)19(23(33)29-25(32)34-24)11-16-10-14(2)31(15(16)3)17-8-9-21(27)20(26)12-17/h4-12,28H,1-3H3/b19-11-,28-22?. The van der Waals surface area contributed by atoms with Crippen LogP contribution in [0.5, 0.6) is 0 Å². The maximum atomic E-state index is 13.6.